The molecule has 26 heavy (non-hydrogen) atoms. The number of ether oxygens (including phenoxy) is 1. The topological polar surface area (TPSA) is 55.6 Å². The van der Waals surface area contributed by atoms with Gasteiger partial charge in [-0.15, -0.1) is 0 Å². The molecule has 0 radical (unpaired) electrons. The fraction of sp³-hybridized carbons (Fsp3) is 0.263. The Bertz CT molecular complexity index is 984. The van der Waals surface area contributed by atoms with E-state index < -0.39 is 5.82 Å². The van der Waals surface area contributed by atoms with Crippen molar-refractivity contribution in [3.63, 3.8) is 0 Å². The Balaban J connectivity index is 1.60. The Hall–Kier alpha value is -2.60. The van der Waals surface area contributed by atoms with Crippen LogP contribution in [0.2, 0.25) is 5.02 Å². The van der Waals surface area contributed by atoms with Crippen molar-refractivity contribution in [2.75, 3.05) is 7.11 Å². The van der Waals surface area contributed by atoms with Gasteiger partial charge in [0.2, 0.25) is 5.89 Å². The second kappa shape index (κ2) is 6.61. The molecule has 2 aromatic carbocycles. The number of hydrogen-bond donors (Lipinski definition) is 0. The molecule has 0 N–H and O–H groups in total. The highest BCUT2D eigenvalue weighted by Crippen LogP contribution is 2.31. The number of hydrogen-bond acceptors (Lipinski definition) is 4. The van der Waals surface area contributed by atoms with Crippen LogP contribution in [-0.4, -0.2) is 28.9 Å². The summed E-state index contributed by atoms with van der Waals surface area (Å²) >= 11 is 5.97. The quantitative estimate of drug-likeness (QED) is 0.662. The molecule has 0 saturated heterocycles. The summed E-state index contributed by atoms with van der Waals surface area (Å²) in [6.07, 6.45) is 1.83. The number of carbonyl (C=O) groups excluding carboxylic acids is 1. The zero-order valence-corrected chi connectivity index (χ0v) is 14.8. The van der Waals surface area contributed by atoms with E-state index in [9.17, 15) is 9.18 Å². The smallest absolute Gasteiger partial charge is 0.254 e. The number of fused-ring (bicyclic) bond motifs is 1. The van der Waals surface area contributed by atoms with Gasteiger partial charge >= 0.3 is 0 Å². The van der Waals surface area contributed by atoms with Gasteiger partial charge in [-0.2, -0.15) is 0 Å². The van der Waals surface area contributed by atoms with Crippen molar-refractivity contribution in [2.24, 2.45) is 0 Å². The summed E-state index contributed by atoms with van der Waals surface area (Å²) in [4.78, 5) is 19.0. The highest BCUT2D eigenvalue weighted by atomic mass is 35.5. The normalized spacial score (nSPS) is 13.8. The number of benzene rings is 2. The van der Waals surface area contributed by atoms with E-state index >= 15 is 0 Å². The van der Waals surface area contributed by atoms with Crippen molar-refractivity contribution >= 4 is 28.6 Å². The molecule has 1 amide bonds. The summed E-state index contributed by atoms with van der Waals surface area (Å²) in [5, 5.41) is 0.571. The highest BCUT2D eigenvalue weighted by Gasteiger charge is 2.34. The minimum Gasteiger partial charge on any atom is -0.494 e. The van der Waals surface area contributed by atoms with Crippen molar-refractivity contribution in [3.8, 4) is 5.75 Å². The summed E-state index contributed by atoms with van der Waals surface area (Å²) in [6.45, 7) is 0.226. The molecule has 1 fully saturated rings. The van der Waals surface area contributed by atoms with E-state index in [-0.39, 0.29) is 29.8 Å². The third-order valence-electron chi connectivity index (χ3n) is 4.35. The molecule has 4 rings (SSSR count). The molecule has 1 aliphatic rings. The standard InChI is InChI=1S/C19H16ClFN2O3/c1-25-16-6-2-11(8-14(16)21)19(24)23(13-4-5-13)10-18-22-15-9-12(20)3-7-17(15)26-18/h2-3,6-9,13H,4-5,10H2,1H3. The minimum absolute atomic E-state index is 0.107. The monoisotopic (exact) mass is 374 g/mol. The number of methoxy groups -OCH3 is 1. The van der Waals surface area contributed by atoms with Gasteiger partial charge in [0, 0.05) is 16.6 Å². The second-order valence-corrected chi connectivity index (χ2v) is 6.67. The number of nitrogens with zero attached hydrogens (tertiary/aromatic N) is 2. The minimum atomic E-state index is -0.564. The van der Waals surface area contributed by atoms with Gasteiger partial charge in [0.1, 0.15) is 5.52 Å². The van der Waals surface area contributed by atoms with E-state index in [0.717, 1.165) is 12.8 Å². The van der Waals surface area contributed by atoms with Crippen LogP contribution in [0.25, 0.3) is 11.1 Å². The molecule has 0 bridgehead atoms. The van der Waals surface area contributed by atoms with Gasteiger partial charge in [0.05, 0.1) is 13.7 Å². The molecule has 0 unspecified atom stereocenters. The van der Waals surface area contributed by atoms with Crippen LogP contribution in [0.3, 0.4) is 0 Å². The predicted octanol–water partition coefficient (Wildman–Crippen LogP) is 4.43. The molecular formula is C19H16ClFN2O3. The summed E-state index contributed by atoms with van der Waals surface area (Å²) in [7, 11) is 1.38. The number of oxazole rings is 1. The first-order chi connectivity index (χ1) is 12.5. The Kier molecular flexibility index (Phi) is 4.28. The average Bonchev–Trinajstić information content (AvgIpc) is 3.39. The van der Waals surface area contributed by atoms with Crippen molar-refractivity contribution < 1.29 is 18.3 Å². The summed E-state index contributed by atoms with van der Waals surface area (Å²) in [6, 6.07) is 9.51. The van der Waals surface area contributed by atoms with Crippen molar-refractivity contribution in [1.82, 2.24) is 9.88 Å². The maximum Gasteiger partial charge on any atom is 0.254 e. The number of halogens is 2. The molecule has 7 heteroatoms. The molecule has 1 saturated carbocycles. The zero-order chi connectivity index (χ0) is 18.3. The zero-order valence-electron chi connectivity index (χ0n) is 14.0. The number of carbonyl (C=O) groups is 1. The van der Waals surface area contributed by atoms with Crippen LogP contribution in [-0.2, 0) is 6.54 Å². The number of rotatable bonds is 5. The largest absolute Gasteiger partial charge is 0.494 e. The lowest BCUT2D eigenvalue weighted by atomic mass is 10.1. The second-order valence-electron chi connectivity index (χ2n) is 6.23. The van der Waals surface area contributed by atoms with Crippen LogP contribution in [0.5, 0.6) is 5.75 Å². The highest BCUT2D eigenvalue weighted by molar-refractivity contribution is 6.31. The van der Waals surface area contributed by atoms with Gasteiger partial charge in [-0.1, -0.05) is 11.6 Å². The van der Waals surface area contributed by atoms with E-state index in [1.165, 1.54) is 19.2 Å². The van der Waals surface area contributed by atoms with Crippen LogP contribution >= 0.6 is 11.6 Å². The molecular weight excluding hydrogens is 359 g/mol. The van der Waals surface area contributed by atoms with Crippen molar-refractivity contribution in [1.29, 1.82) is 0 Å². The van der Waals surface area contributed by atoms with E-state index in [0.29, 0.717) is 22.0 Å². The maximum atomic E-state index is 14.0. The summed E-state index contributed by atoms with van der Waals surface area (Å²) in [5.41, 5.74) is 1.53. The van der Waals surface area contributed by atoms with E-state index in [1.807, 2.05) is 0 Å². The summed E-state index contributed by atoms with van der Waals surface area (Å²) < 4.78 is 24.6. The Morgan fingerprint density at radius 3 is 2.85 bits per heavy atom. The molecule has 3 aromatic rings. The van der Waals surface area contributed by atoms with Gasteiger partial charge in [-0.25, -0.2) is 9.37 Å². The predicted molar refractivity (Wildman–Crippen MR) is 94.9 cm³/mol. The fourth-order valence-corrected chi connectivity index (χ4v) is 3.05. The number of aromatic nitrogens is 1. The first-order valence-corrected chi connectivity index (χ1v) is 8.62. The van der Waals surface area contributed by atoms with E-state index in [1.54, 1.807) is 29.2 Å². The first-order valence-electron chi connectivity index (χ1n) is 8.24. The van der Waals surface area contributed by atoms with Crippen LogP contribution in [0, 0.1) is 5.82 Å². The molecule has 134 valence electrons. The van der Waals surface area contributed by atoms with Gasteiger partial charge in [0.15, 0.2) is 17.1 Å². The van der Waals surface area contributed by atoms with Crippen molar-refractivity contribution in [2.45, 2.75) is 25.4 Å². The van der Waals surface area contributed by atoms with E-state index in [2.05, 4.69) is 4.98 Å². The SMILES string of the molecule is COc1ccc(C(=O)N(Cc2nc3cc(Cl)ccc3o2)C2CC2)cc1F. The van der Waals surface area contributed by atoms with Crippen LogP contribution in [0.15, 0.2) is 40.8 Å². The van der Waals surface area contributed by atoms with Gasteiger partial charge in [-0.05, 0) is 49.2 Å². The van der Waals surface area contributed by atoms with Crippen LogP contribution in [0.4, 0.5) is 4.39 Å². The Morgan fingerprint density at radius 1 is 1.35 bits per heavy atom. The lowest BCUT2D eigenvalue weighted by Gasteiger charge is -2.21. The third kappa shape index (κ3) is 3.24. The van der Waals surface area contributed by atoms with Gasteiger partial charge in [0.25, 0.3) is 5.91 Å². The summed E-state index contributed by atoms with van der Waals surface area (Å²) in [5.74, 6) is -0.285. The third-order valence-corrected chi connectivity index (χ3v) is 4.58. The Morgan fingerprint density at radius 2 is 2.15 bits per heavy atom. The lowest BCUT2D eigenvalue weighted by molar-refractivity contribution is 0.0714. The molecule has 0 atom stereocenters. The van der Waals surface area contributed by atoms with Crippen molar-refractivity contribution in [3.05, 3.63) is 58.7 Å². The van der Waals surface area contributed by atoms with Crippen LogP contribution in [0.1, 0.15) is 29.1 Å². The number of amides is 1. The molecule has 1 aliphatic carbocycles. The van der Waals surface area contributed by atoms with Gasteiger partial charge in [-0.3, -0.25) is 4.79 Å². The van der Waals surface area contributed by atoms with Crippen LogP contribution < -0.4 is 4.74 Å². The lowest BCUT2D eigenvalue weighted by Crippen LogP contribution is -2.32. The average molecular weight is 375 g/mol. The fourth-order valence-electron chi connectivity index (χ4n) is 2.88. The van der Waals surface area contributed by atoms with E-state index in [4.69, 9.17) is 20.8 Å². The maximum absolute atomic E-state index is 14.0. The molecule has 5 nitrogen and oxygen atoms in total. The molecule has 0 aliphatic heterocycles. The van der Waals surface area contributed by atoms with Gasteiger partial charge < -0.3 is 14.1 Å². The first kappa shape index (κ1) is 16.8. The molecule has 1 aromatic heterocycles. The molecule has 1 heterocycles. The molecule has 0 spiro atoms. The Labute approximate surface area is 154 Å².